The molecular formula is C38H47NO5S. The summed E-state index contributed by atoms with van der Waals surface area (Å²) in [5, 5.41) is 24.9. The van der Waals surface area contributed by atoms with E-state index in [1.165, 1.54) is 11.8 Å². The Morgan fingerprint density at radius 2 is 1.42 bits per heavy atom. The van der Waals surface area contributed by atoms with E-state index in [2.05, 4.69) is 29.6 Å². The van der Waals surface area contributed by atoms with Gasteiger partial charge >= 0.3 is 6.09 Å². The van der Waals surface area contributed by atoms with E-state index in [4.69, 9.17) is 4.74 Å². The third kappa shape index (κ3) is 9.80. The van der Waals surface area contributed by atoms with Crippen molar-refractivity contribution in [1.82, 2.24) is 5.32 Å². The van der Waals surface area contributed by atoms with Gasteiger partial charge in [0.15, 0.2) is 5.12 Å². The van der Waals surface area contributed by atoms with Crippen molar-refractivity contribution in [1.29, 1.82) is 0 Å². The van der Waals surface area contributed by atoms with Crippen LogP contribution >= 0.6 is 11.8 Å². The molecular weight excluding hydrogens is 582 g/mol. The molecule has 45 heavy (non-hydrogen) atoms. The lowest BCUT2D eigenvalue weighted by Crippen LogP contribution is -2.44. The Hall–Kier alpha value is -3.39. The van der Waals surface area contributed by atoms with Gasteiger partial charge in [-0.05, 0) is 58.9 Å². The van der Waals surface area contributed by atoms with Gasteiger partial charge in [-0.1, -0.05) is 130 Å². The van der Waals surface area contributed by atoms with Gasteiger partial charge in [0.1, 0.15) is 6.61 Å². The SMILES string of the molecule is CC(C)C[C@H](NC(=O)OCC1c2ccccc2-c2ccccc21)[C@@H](O)C/C=C\[C@@H](O)[C@H](CC(C)C)C(=O)SCc1ccccc1. The van der Waals surface area contributed by atoms with E-state index in [9.17, 15) is 19.8 Å². The molecule has 1 aliphatic carbocycles. The Kier molecular flexibility index (Phi) is 12.9. The predicted octanol–water partition coefficient (Wildman–Crippen LogP) is 7.73. The van der Waals surface area contributed by atoms with Crippen LogP contribution in [0.2, 0.25) is 0 Å². The van der Waals surface area contributed by atoms with Crippen LogP contribution in [-0.2, 0) is 15.3 Å². The molecule has 0 heterocycles. The molecule has 6 nitrogen and oxygen atoms in total. The largest absolute Gasteiger partial charge is 0.449 e. The van der Waals surface area contributed by atoms with Crippen molar-refractivity contribution in [3.63, 3.8) is 0 Å². The molecule has 3 aromatic carbocycles. The highest BCUT2D eigenvalue weighted by Gasteiger charge is 2.30. The van der Waals surface area contributed by atoms with Crippen LogP contribution in [0, 0.1) is 17.8 Å². The second-order valence-electron chi connectivity index (χ2n) is 12.8. The first-order valence-electron chi connectivity index (χ1n) is 16.0. The number of thioether (sulfide) groups is 1. The number of ether oxygens (including phenoxy) is 1. The molecule has 3 aromatic rings. The lowest BCUT2D eigenvalue weighted by Gasteiger charge is -2.25. The minimum absolute atomic E-state index is 0.0418. The van der Waals surface area contributed by atoms with Crippen molar-refractivity contribution in [3.05, 3.63) is 108 Å². The van der Waals surface area contributed by atoms with E-state index in [0.717, 1.165) is 27.8 Å². The molecule has 0 spiro atoms. The quantitative estimate of drug-likeness (QED) is 0.149. The second-order valence-corrected chi connectivity index (χ2v) is 13.7. The normalized spacial score (nSPS) is 15.5. The molecule has 240 valence electrons. The second kappa shape index (κ2) is 16.8. The van der Waals surface area contributed by atoms with Crippen LogP contribution in [0.5, 0.6) is 0 Å². The van der Waals surface area contributed by atoms with Crippen molar-refractivity contribution in [2.45, 2.75) is 76.9 Å². The molecule has 0 aliphatic heterocycles. The lowest BCUT2D eigenvalue weighted by atomic mass is 9.92. The zero-order valence-corrected chi connectivity index (χ0v) is 27.6. The summed E-state index contributed by atoms with van der Waals surface area (Å²) in [6.07, 6.45) is 2.25. The molecule has 0 unspecified atom stereocenters. The summed E-state index contributed by atoms with van der Waals surface area (Å²) in [5.74, 6) is 0.428. The van der Waals surface area contributed by atoms with Crippen LogP contribution in [0.4, 0.5) is 4.79 Å². The maximum atomic E-state index is 13.1. The first-order chi connectivity index (χ1) is 21.6. The first-order valence-corrected chi connectivity index (χ1v) is 17.0. The zero-order chi connectivity index (χ0) is 32.3. The number of aliphatic hydroxyl groups is 2. The maximum Gasteiger partial charge on any atom is 0.407 e. The van der Waals surface area contributed by atoms with Gasteiger partial charge in [-0.15, -0.1) is 0 Å². The number of nitrogens with one attached hydrogen (secondary N) is 1. The molecule has 7 heteroatoms. The van der Waals surface area contributed by atoms with Crippen LogP contribution < -0.4 is 5.32 Å². The van der Waals surface area contributed by atoms with Crippen LogP contribution in [0.25, 0.3) is 11.1 Å². The fraction of sp³-hybridized carbons (Fsp3) is 0.421. The fourth-order valence-corrected chi connectivity index (χ4v) is 6.94. The molecule has 0 fully saturated rings. The van der Waals surface area contributed by atoms with Gasteiger partial charge in [-0.2, -0.15) is 0 Å². The molecule has 1 aliphatic rings. The number of hydrogen-bond acceptors (Lipinski definition) is 6. The molecule has 0 saturated heterocycles. The Bertz CT molecular complexity index is 1380. The summed E-state index contributed by atoms with van der Waals surface area (Å²) in [7, 11) is 0. The Morgan fingerprint density at radius 3 is 2.02 bits per heavy atom. The van der Waals surface area contributed by atoms with Gasteiger partial charge in [0, 0.05) is 11.7 Å². The lowest BCUT2D eigenvalue weighted by molar-refractivity contribution is -0.117. The van der Waals surface area contributed by atoms with Gasteiger partial charge < -0.3 is 20.3 Å². The molecule has 3 N–H and O–H groups in total. The van der Waals surface area contributed by atoms with E-state index in [0.29, 0.717) is 18.6 Å². The summed E-state index contributed by atoms with van der Waals surface area (Å²) < 4.78 is 5.74. The smallest absolute Gasteiger partial charge is 0.407 e. The number of hydrogen-bond donors (Lipinski definition) is 3. The number of carbonyl (C=O) groups is 2. The maximum absolute atomic E-state index is 13.1. The van der Waals surface area contributed by atoms with E-state index in [1.54, 1.807) is 12.2 Å². The molecule has 4 atom stereocenters. The van der Waals surface area contributed by atoms with Gasteiger partial charge in [0.05, 0.1) is 24.2 Å². The highest BCUT2D eigenvalue weighted by Crippen LogP contribution is 2.44. The van der Waals surface area contributed by atoms with Crippen LogP contribution in [0.3, 0.4) is 0 Å². The van der Waals surface area contributed by atoms with Crippen molar-refractivity contribution < 1.29 is 24.5 Å². The van der Waals surface area contributed by atoms with Crippen molar-refractivity contribution in [2.75, 3.05) is 6.61 Å². The minimum atomic E-state index is -0.964. The van der Waals surface area contributed by atoms with Crippen molar-refractivity contribution in [2.24, 2.45) is 17.8 Å². The Labute approximate surface area is 272 Å². The number of alkyl carbamates (subject to hydrolysis) is 1. The third-order valence-corrected chi connectivity index (χ3v) is 9.28. The number of carbonyl (C=O) groups excluding carboxylic acids is 2. The monoisotopic (exact) mass is 629 g/mol. The van der Waals surface area contributed by atoms with Gasteiger partial charge in [-0.25, -0.2) is 4.79 Å². The predicted molar refractivity (Wildman–Crippen MR) is 183 cm³/mol. The van der Waals surface area contributed by atoms with Gasteiger partial charge in [0.25, 0.3) is 0 Å². The summed E-state index contributed by atoms with van der Waals surface area (Å²) in [6.45, 7) is 8.34. The third-order valence-electron chi connectivity index (χ3n) is 8.21. The number of fused-ring (bicyclic) bond motifs is 3. The molecule has 0 saturated carbocycles. The number of aliphatic hydroxyl groups excluding tert-OH is 2. The van der Waals surface area contributed by atoms with Crippen molar-refractivity contribution in [3.8, 4) is 11.1 Å². The molecule has 0 aromatic heterocycles. The molecule has 0 bridgehead atoms. The summed E-state index contributed by atoms with van der Waals surface area (Å²) in [5.41, 5.74) is 5.67. The standard InChI is InChI=1S/C38H47NO5S/c1-25(2)21-32(37(42)45-24-27-13-6-5-7-14-27)35(40)19-12-20-36(41)34(22-26(3)4)39-38(43)44-23-33-30-17-10-8-15-28(30)29-16-9-11-18-31(29)33/h5-19,25-26,32-36,40-41H,20-24H2,1-4H3,(H,39,43)/b19-12-/t32-,34-,35+,36-/m0/s1. The van der Waals surface area contributed by atoms with Gasteiger partial charge in [-0.3, -0.25) is 4.79 Å². The number of amides is 1. The average molecular weight is 630 g/mol. The van der Waals surface area contributed by atoms with E-state index < -0.39 is 30.3 Å². The van der Waals surface area contributed by atoms with Crippen LogP contribution in [0.1, 0.15) is 69.6 Å². The van der Waals surface area contributed by atoms with Crippen LogP contribution in [0.15, 0.2) is 91.0 Å². The zero-order valence-electron chi connectivity index (χ0n) is 26.8. The molecule has 0 radical (unpaired) electrons. The van der Waals surface area contributed by atoms with E-state index in [-0.39, 0.29) is 35.9 Å². The summed E-state index contributed by atoms with van der Waals surface area (Å²) in [6, 6.07) is 25.7. The number of rotatable bonds is 15. The molecule has 1 amide bonds. The fourth-order valence-electron chi connectivity index (χ4n) is 5.99. The summed E-state index contributed by atoms with van der Waals surface area (Å²) >= 11 is 1.23. The van der Waals surface area contributed by atoms with Gasteiger partial charge in [0.2, 0.25) is 0 Å². The Morgan fingerprint density at radius 1 is 0.844 bits per heavy atom. The minimum Gasteiger partial charge on any atom is -0.449 e. The average Bonchev–Trinajstić information content (AvgIpc) is 3.34. The van der Waals surface area contributed by atoms with Crippen molar-refractivity contribution >= 4 is 23.0 Å². The van der Waals surface area contributed by atoms with E-state index >= 15 is 0 Å². The Balaban J connectivity index is 1.33. The van der Waals surface area contributed by atoms with E-state index in [1.807, 2.05) is 82.3 Å². The highest BCUT2D eigenvalue weighted by atomic mass is 32.2. The first kappa shape index (κ1) is 34.5. The highest BCUT2D eigenvalue weighted by molar-refractivity contribution is 8.13. The topological polar surface area (TPSA) is 95.9 Å². The summed E-state index contributed by atoms with van der Waals surface area (Å²) in [4.78, 5) is 26.1. The molecule has 4 rings (SSSR count). The van der Waals surface area contributed by atoms with Crippen LogP contribution in [-0.4, -0.2) is 46.3 Å². The number of benzene rings is 3.